The van der Waals surface area contributed by atoms with E-state index >= 15 is 0 Å². The van der Waals surface area contributed by atoms with Crippen molar-refractivity contribution < 1.29 is 4.79 Å². The molecule has 16 heavy (non-hydrogen) atoms. The van der Waals surface area contributed by atoms with Crippen molar-refractivity contribution >= 4 is 5.91 Å². The molecule has 4 heteroatoms. The van der Waals surface area contributed by atoms with Crippen LogP contribution in [0, 0.1) is 0 Å². The van der Waals surface area contributed by atoms with Gasteiger partial charge in [0.1, 0.15) is 0 Å². The molecule has 0 bridgehead atoms. The van der Waals surface area contributed by atoms with Crippen LogP contribution in [0.15, 0.2) is 0 Å². The number of nitrogens with one attached hydrogen (secondary N) is 2. The largest absolute Gasteiger partial charge is 0.350 e. The molecule has 1 rings (SSSR count). The predicted molar refractivity (Wildman–Crippen MR) is 66.1 cm³/mol. The van der Waals surface area contributed by atoms with Crippen molar-refractivity contribution in [1.29, 1.82) is 0 Å². The Morgan fingerprint density at radius 2 is 1.81 bits per heavy atom. The number of carbonyl (C=O) groups is 1. The molecule has 1 fully saturated rings. The first kappa shape index (κ1) is 13.5. The van der Waals surface area contributed by atoms with Gasteiger partial charge in [0.05, 0.1) is 6.54 Å². The lowest BCUT2D eigenvalue weighted by Crippen LogP contribution is -2.47. The highest BCUT2D eigenvalue weighted by Gasteiger charge is 2.19. The zero-order valence-corrected chi connectivity index (χ0v) is 10.7. The Morgan fingerprint density at radius 1 is 1.25 bits per heavy atom. The van der Waals surface area contributed by atoms with Crippen LogP contribution < -0.4 is 16.4 Å². The zero-order chi connectivity index (χ0) is 12.2. The minimum absolute atomic E-state index is 0.0716. The van der Waals surface area contributed by atoms with E-state index < -0.39 is 0 Å². The molecule has 0 aromatic heterocycles. The standard InChI is InChI=1S/C12H25N3O/c1-12(2,3)15-11(16)8-14-10-6-4-9(13)5-7-10/h9-10,14H,4-8,13H2,1-3H3,(H,15,16). The highest BCUT2D eigenvalue weighted by Crippen LogP contribution is 2.16. The molecule has 0 saturated heterocycles. The summed E-state index contributed by atoms with van der Waals surface area (Å²) in [6.45, 7) is 6.39. The summed E-state index contributed by atoms with van der Waals surface area (Å²) in [6.07, 6.45) is 4.31. The number of hydrogen-bond acceptors (Lipinski definition) is 3. The van der Waals surface area contributed by atoms with Crippen LogP contribution in [0.4, 0.5) is 0 Å². The van der Waals surface area contributed by atoms with Gasteiger partial charge in [-0.3, -0.25) is 4.79 Å². The summed E-state index contributed by atoms with van der Waals surface area (Å²) in [5.41, 5.74) is 5.68. The van der Waals surface area contributed by atoms with E-state index in [9.17, 15) is 4.79 Å². The molecule has 0 heterocycles. The molecule has 0 aromatic carbocycles. The van der Waals surface area contributed by atoms with Crippen molar-refractivity contribution in [3.63, 3.8) is 0 Å². The first-order chi connectivity index (χ1) is 7.37. The van der Waals surface area contributed by atoms with Crippen LogP contribution in [-0.2, 0) is 4.79 Å². The molecule has 0 aromatic rings. The Balaban J connectivity index is 2.17. The van der Waals surface area contributed by atoms with E-state index in [4.69, 9.17) is 5.73 Å². The van der Waals surface area contributed by atoms with Gasteiger partial charge in [0.15, 0.2) is 0 Å². The summed E-state index contributed by atoms with van der Waals surface area (Å²) in [6, 6.07) is 0.826. The summed E-state index contributed by atoms with van der Waals surface area (Å²) in [7, 11) is 0. The van der Waals surface area contributed by atoms with Gasteiger partial charge >= 0.3 is 0 Å². The lowest BCUT2D eigenvalue weighted by molar-refractivity contribution is -0.121. The number of carbonyl (C=O) groups excluding carboxylic acids is 1. The molecule has 1 aliphatic carbocycles. The summed E-state index contributed by atoms with van der Waals surface area (Å²) in [5, 5.41) is 6.24. The van der Waals surface area contributed by atoms with Crippen LogP contribution in [0.5, 0.6) is 0 Å². The third kappa shape index (κ3) is 5.47. The Bertz CT molecular complexity index is 227. The second-order valence-corrected chi connectivity index (χ2v) is 5.79. The summed E-state index contributed by atoms with van der Waals surface area (Å²) in [4.78, 5) is 11.6. The first-order valence-corrected chi connectivity index (χ1v) is 6.17. The highest BCUT2D eigenvalue weighted by molar-refractivity contribution is 5.78. The minimum atomic E-state index is -0.145. The van der Waals surface area contributed by atoms with E-state index in [0.717, 1.165) is 25.7 Å². The third-order valence-electron chi connectivity index (χ3n) is 2.84. The predicted octanol–water partition coefficient (Wildman–Crippen LogP) is 0.761. The molecule has 1 amide bonds. The van der Waals surface area contributed by atoms with Gasteiger partial charge in [-0.1, -0.05) is 0 Å². The molecule has 4 N–H and O–H groups in total. The first-order valence-electron chi connectivity index (χ1n) is 6.17. The Kier molecular flexibility index (Phi) is 4.74. The van der Waals surface area contributed by atoms with E-state index in [-0.39, 0.29) is 11.4 Å². The maximum absolute atomic E-state index is 11.6. The van der Waals surface area contributed by atoms with Crippen LogP contribution in [-0.4, -0.2) is 30.1 Å². The highest BCUT2D eigenvalue weighted by atomic mass is 16.2. The normalized spacial score (nSPS) is 26.5. The van der Waals surface area contributed by atoms with Crippen molar-refractivity contribution in [2.24, 2.45) is 5.73 Å². The quantitative estimate of drug-likeness (QED) is 0.667. The molecule has 0 spiro atoms. The summed E-state index contributed by atoms with van der Waals surface area (Å²) >= 11 is 0. The Hall–Kier alpha value is -0.610. The van der Waals surface area contributed by atoms with Crippen molar-refractivity contribution in [3.05, 3.63) is 0 Å². The maximum Gasteiger partial charge on any atom is 0.234 e. The van der Waals surface area contributed by atoms with Gasteiger partial charge in [0.25, 0.3) is 0 Å². The SMILES string of the molecule is CC(C)(C)NC(=O)CNC1CCC(N)CC1. The number of amides is 1. The maximum atomic E-state index is 11.6. The van der Waals surface area contributed by atoms with E-state index in [2.05, 4.69) is 10.6 Å². The molecule has 0 unspecified atom stereocenters. The molecule has 4 nitrogen and oxygen atoms in total. The van der Waals surface area contributed by atoms with Gasteiger partial charge in [-0.2, -0.15) is 0 Å². The molecule has 0 atom stereocenters. The van der Waals surface area contributed by atoms with Gasteiger partial charge in [-0.25, -0.2) is 0 Å². The van der Waals surface area contributed by atoms with Crippen molar-refractivity contribution in [1.82, 2.24) is 10.6 Å². The van der Waals surface area contributed by atoms with E-state index in [1.807, 2.05) is 20.8 Å². The number of nitrogens with two attached hydrogens (primary N) is 1. The second kappa shape index (κ2) is 5.64. The van der Waals surface area contributed by atoms with Crippen LogP contribution in [0.3, 0.4) is 0 Å². The molecular formula is C12H25N3O. The van der Waals surface area contributed by atoms with Crippen molar-refractivity contribution in [2.45, 2.75) is 64.1 Å². The molecule has 94 valence electrons. The minimum Gasteiger partial charge on any atom is -0.350 e. The van der Waals surface area contributed by atoms with Crippen LogP contribution in [0.25, 0.3) is 0 Å². The average Bonchev–Trinajstić information content (AvgIpc) is 2.14. The molecule has 0 radical (unpaired) electrons. The van der Waals surface area contributed by atoms with Crippen LogP contribution in [0.2, 0.25) is 0 Å². The summed E-state index contributed by atoms with van der Waals surface area (Å²) < 4.78 is 0. The zero-order valence-electron chi connectivity index (χ0n) is 10.7. The van der Waals surface area contributed by atoms with E-state index in [0.29, 0.717) is 18.6 Å². The van der Waals surface area contributed by atoms with Crippen molar-refractivity contribution in [3.8, 4) is 0 Å². The molecular weight excluding hydrogens is 202 g/mol. The smallest absolute Gasteiger partial charge is 0.234 e. The Morgan fingerprint density at radius 3 is 2.31 bits per heavy atom. The lowest BCUT2D eigenvalue weighted by atomic mass is 9.92. The summed E-state index contributed by atoms with van der Waals surface area (Å²) in [5.74, 6) is 0.0716. The van der Waals surface area contributed by atoms with Gasteiger partial charge in [0.2, 0.25) is 5.91 Å². The number of rotatable bonds is 3. The fourth-order valence-electron chi connectivity index (χ4n) is 2.02. The number of hydrogen-bond donors (Lipinski definition) is 3. The second-order valence-electron chi connectivity index (χ2n) is 5.79. The van der Waals surface area contributed by atoms with E-state index in [1.54, 1.807) is 0 Å². The van der Waals surface area contributed by atoms with Gasteiger partial charge in [0, 0.05) is 17.6 Å². The van der Waals surface area contributed by atoms with E-state index in [1.165, 1.54) is 0 Å². The molecule has 1 aliphatic rings. The van der Waals surface area contributed by atoms with Crippen molar-refractivity contribution in [2.75, 3.05) is 6.54 Å². The van der Waals surface area contributed by atoms with Gasteiger partial charge < -0.3 is 16.4 Å². The fraction of sp³-hybridized carbons (Fsp3) is 0.917. The molecule has 1 saturated carbocycles. The Labute approximate surface area is 98.3 Å². The van der Waals surface area contributed by atoms with Crippen LogP contribution >= 0.6 is 0 Å². The lowest BCUT2D eigenvalue weighted by Gasteiger charge is -2.27. The fourth-order valence-corrected chi connectivity index (χ4v) is 2.02. The third-order valence-corrected chi connectivity index (χ3v) is 2.84. The monoisotopic (exact) mass is 227 g/mol. The van der Waals surface area contributed by atoms with Gasteiger partial charge in [-0.05, 0) is 46.5 Å². The van der Waals surface area contributed by atoms with Gasteiger partial charge in [-0.15, -0.1) is 0 Å². The van der Waals surface area contributed by atoms with Crippen LogP contribution in [0.1, 0.15) is 46.5 Å². The average molecular weight is 227 g/mol. The topological polar surface area (TPSA) is 67.2 Å². The molecule has 0 aliphatic heterocycles.